The SMILES string of the molecule is CCc1cc(NN)c2c(OC)cc(OC)cc2n1. The molecule has 0 aliphatic carbocycles. The molecule has 0 spiro atoms. The van der Waals surface area contributed by atoms with Crippen LogP contribution in [-0.4, -0.2) is 19.2 Å². The number of hydrogen-bond acceptors (Lipinski definition) is 5. The van der Waals surface area contributed by atoms with Crippen LogP contribution >= 0.6 is 0 Å². The topological polar surface area (TPSA) is 69.4 Å². The molecular weight excluding hydrogens is 230 g/mol. The number of methoxy groups -OCH3 is 2. The molecule has 0 radical (unpaired) electrons. The number of anilines is 1. The van der Waals surface area contributed by atoms with Crippen molar-refractivity contribution in [3.63, 3.8) is 0 Å². The number of hydrazine groups is 1. The van der Waals surface area contributed by atoms with Gasteiger partial charge in [-0.05, 0) is 12.5 Å². The Labute approximate surface area is 106 Å². The van der Waals surface area contributed by atoms with Crippen LogP contribution in [-0.2, 0) is 6.42 Å². The summed E-state index contributed by atoms with van der Waals surface area (Å²) in [5.41, 5.74) is 5.27. The second kappa shape index (κ2) is 5.10. The van der Waals surface area contributed by atoms with Crippen molar-refractivity contribution in [1.29, 1.82) is 0 Å². The second-order valence-electron chi connectivity index (χ2n) is 3.88. The Hall–Kier alpha value is -2.01. The lowest BCUT2D eigenvalue weighted by Crippen LogP contribution is -2.09. The van der Waals surface area contributed by atoms with Crippen molar-refractivity contribution >= 4 is 16.6 Å². The van der Waals surface area contributed by atoms with Gasteiger partial charge in [-0.2, -0.15) is 0 Å². The van der Waals surface area contributed by atoms with E-state index in [1.165, 1.54) is 0 Å². The molecule has 0 fully saturated rings. The van der Waals surface area contributed by atoms with E-state index in [-0.39, 0.29) is 0 Å². The van der Waals surface area contributed by atoms with E-state index in [0.29, 0.717) is 11.5 Å². The lowest BCUT2D eigenvalue weighted by Gasteiger charge is -2.13. The lowest BCUT2D eigenvalue weighted by molar-refractivity contribution is 0.398. The first kappa shape index (κ1) is 12.4. The van der Waals surface area contributed by atoms with Crippen LogP contribution in [0.3, 0.4) is 0 Å². The summed E-state index contributed by atoms with van der Waals surface area (Å²) in [6.45, 7) is 2.05. The number of benzene rings is 1. The minimum Gasteiger partial charge on any atom is -0.497 e. The van der Waals surface area contributed by atoms with Gasteiger partial charge in [0.25, 0.3) is 0 Å². The van der Waals surface area contributed by atoms with Gasteiger partial charge in [0, 0.05) is 17.8 Å². The molecule has 0 bridgehead atoms. The largest absolute Gasteiger partial charge is 0.497 e. The normalized spacial score (nSPS) is 10.4. The molecule has 0 unspecified atom stereocenters. The molecule has 2 aromatic rings. The molecule has 0 atom stereocenters. The predicted molar refractivity (Wildman–Crippen MR) is 72.0 cm³/mol. The van der Waals surface area contributed by atoms with Gasteiger partial charge in [0.05, 0.1) is 30.8 Å². The summed E-state index contributed by atoms with van der Waals surface area (Å²) in [4.78, 5) is 4.56. The van der Waals surface area contributed by atoms with Gasteiger partial charge >= 0.3 is 0 Å². The number of nitrogens with one attached hydrogen (secondary N) is 1. The number of rotatable bonds is 4. The number of aryl methyl sites for hydroxylation is 1. The molecule has 0 amide bonds. The van der Waals surface area contributed by atoms with Crippen molar-refractivity contribution in [3.8, 4) is 11.5 Å². The van der Waals surface area contributed by atoms with Crippen LogP contribution < -0.4 is 20.7 Å². The summed E-state index contributed by atoms with van der Waals surface area (Å²) in [6.07, 6.45) is 0.837. The molecule has 0 aliphatic heterocycles. The van der Waals surface area contributed by atoms with E-state index in [2.05, 4.69) is 10.4 Å². The van der Waals surface area contributed by atoms with Crippen molar-refractivity contribution in [1.82, 2.24) is 4.98 Å². The highest BCUT2D eigenvalue weighted by molar-refractivity contribution is 5.97. The van der Waals surface area contributed by atoms with E-state index in [1.807, 2.05) is 25.1 Å². The van der Waals surface area contributed by atoms with Crippen LogP contribution in [0, 0.1) is 0 Å². The first-order valence-electron chi connectivity index (χ1n) is 5.75. The summed E-state index contributed by atoms with van der Waals surface area (Å²) in [5, 5.41) is 0.859. The maximum absolute atomic E-state index is 5.57. The van der Waals surface area contributed by atoms with E-state index < -0.39 is 0 Å². The fourth-order valence-electron chi connectivity index (χ4n) is 1.93. The van der Waals surface area contributed by atoms with E-state index in [1.54, 1.807) is 14.2 Å². The molecule has 0 aliphatic rings. The van der Waals surface area contributed by atoms with Gasteiger partial charge in [-0.3, -0.25) is 10.8 Å². The fourth-order valence-corrected chi connectivity index (χ4v) is 1.93. The molecule has 1 aromatic heterocycles. The summed E-state index contributed by atoms with van der Waals surface area (Å²) >= 11 is 0. The predicted octanol–water partition coefficient (Wildman–Crippen LogP) is 2.10. The lowest BCUT2D eigenvalue weighted by atomic mass is 10.1. The molecule has 0 saturated carbocycles. The maximum Gasteiger partial charge on any atom is 0.134 e. The summed E-state index contributed by atoms with van der Waals surface area (Å²) in [7, 11) is 3.23. The molecule has 5 nitrogen and oxygen atoms in total. The van der Waals surface area contributed by atoms with Gasteiger partial charge in [0.15, 0.2) is 0 Å². The molecule has 0 saturated heterocycles. The number of pyridine rings is 1. The molecule has 18 heavy (non-hydrogen) atoms. The van der Waals surface area contributed by atoms with E-state index in [0.717, 1.165) is 28.7 Å². The zero-order valence-electron chi connectivity index (χ0n) is 10.8. The van der Waals surface area contributed by atoms with Crippen LogP contribution in [0.15, 0.2) is 18.2 Å². The second-order valence-corrected chi connectivity index (χ2v) is 3.88. The first-order valence-corrected chi connectivity index (χ1v) is 5.75. The third kappa shape index (κ3) is 2.04. The fraction of sp³-hybridized carbons (Fsp3) is 0.308. The van der Waals surface area contributed by atoms with Gasteiger partial charge in [0.2, 0.25) is 0 Å². The Bertz CT molecular complexity index is 523. The molecular formula is C13H17N3O2. The average molecular weight is 247 g/mol. The van der Waals surface area contributed by atoms with Crippen LogP contribution in [0.25, 0.3) is 10.9 Å². The van der Waals surface area contributed by atoms with Crippen molar-refractivity contribution in [2.24, 2.45) is 5.84 Å². The standard InChI is InChI=1S/C13H17N3O2/c1-4-8-5-11(16-14)13-10(15-8)6-9(17-2)7-12(13)18-3/h5-7H,4,14H2,1-3H3,(H,15,16). The number of hydrogen-bond donors (Lipinski definition) is 2. The van der Waals surface area contributed by atoms with E-state index >= 15 is 0 Å². The molecule has 1 aromatic carbocycles. The Morgan fingerprint density at radius 1 is 1.22 bits per heavy atom. The molecule has 5 heteroatoms. The van der Waals surface area contributed by atoms with Gasteiger partial charge in [-0.1, -0.05) is 6.92 Å². The van der Waals surface area contributed by atoms with Crippen molar-refractivity contribution in [2.75, 3.05) is 19.6 Å². The van der Waals surface area contributed by atoms with Gasteiger partial charge in [-0.15, -0.1) is 0 Å². The molecule has 96 valence electrons. The number of ether oxygens (including phenoxy) is 2. The number of nitrogen functional groups attached to an aromatic ring is 1. The molecule has 2 rings (SSSR count). The highest BCUT2D eigenvalue weighted by atomic mass is 16.5. The Kier molecular flexibility index (Phi) is 3.53. The summed E-state index contributed by atoms with van der Waals surface area (Å²) in [5.74, 6) is 6.97. The third-order valence-corrected chi connectivity index (χ3v) is 2.87. The van der Waals surface area contributed by atoms with E-state index in [9.17, 15) is 0 Å². The van der Waals surface area contributed by atoms with Gasteiger partial charge < -0.3 is 14.9 Å². The minimum atomic E-state index is 0.687. The number of aromatic nitrogens is 1. The zero-order valence-corrected chi connectivity index (χ0v) is 10.8. The smallest absolute Gasteiger partial charge is 0.134 e. The van der Waals surface area contributed by atoms with Crippen molar-refractivity contribution in [3.05, 3.63) is 23.9 Å². The van der Waals surface area contributed by atoms with Crippen molar-refractivity contribution in [2.45, 2.75) is 13.3 Å². The van der Waals surface area contributed by atoms with Gasteiger partial charge in [0.1, 0.15) is 11.5 Å². The summed E-state index contributed by atoms with van der Waals surface area (Å²) < 4.78 is 10.6. The summed E-state index contributed by atoms with van der Waals surface area (Å²) in [6, 6.07) is 5.62. The highest BCUT2D eigenvalue weighted by Crippen LogP contribution is 2.35. The maximum atomic E-state index is 5.57. The Morgan fingerprint density at radius 2 is 2.00 bits per heavy atom. The molecule has 1 heterocycles. The first-order chi connectivity index (χ1) is 8.73. The number of nitrogens with zero attached hydrogens (tertiary/aromatic N) is 1. The third-order valence-electron chi connectivity index (χ3n) is 2.87. The Morgan fingerprint density at radius 3 is 2.56 bits per heavy atom. The van der Waals surface area contributed by atoms with Crippen LogP contribution in [0.2, 0.25) is 0 Å². The quantitative estimate of drug-likeness (QED) is 0.639. The molecule has 3 N–H and O–H groups in total. The van der Waals surface area contributed by atoms with Crippen LogP contribution in [0.1, 0.15) is 12.6 Å². The minimum absolute atomic E-state index is 0.687. The highest BCUT2D eigenvalue weighted by Gasteiger charge is 2.12. The number of fused-ring (bicyclic) bond motifs is 1. The Balaban J connectivity index is 2.80. The zero-order chi connectivity index (χ0) is 13.1. The number of nitrogens with two attached hydrogens (primary N) is 1. The monoisotopic (exact) mass is 247 g/mol. The van der Waals surface area contributed by atoms with Crippen LogP contribution in [0.4, 0.5) is 5.69 Å². The average Bonchev–Trinajstić information content (AvgIpc) is 2.44. The van der Waals surface area contributed by atoms with Crippen LogP contribution in [0.5, 0.6) is 11.5 Å². The van der Waals surface area contributed by atoms with E-state index in [4.69, 9.17) is 15.3 Å². The van der Waals surface area contributed by atoms with Crippen molar-refractivity contribution < 1.29 is 9.47 Å². The van der Waals surface area contributed by atoms with Gasteiger partial charge in [-0.25, -0.2) is 0 Å².